The minimum atomic E-state index is -0.933. The molecule has 0 atom stereocenters. The molecule has 0 radical (unpaired) electrons. The molecule has 1 saturated carbocycles. The fourth-order valence-corrected chi connectivity index (χ4v) is 0.779. The van der Waals surface area contributed by atoms with E-state index in [4.69, 9.17) is 15.3 Å². The van der Waals surface area contributed by atoms with Crippen molar-refractivity contribution in [3.05, 3.63) is 0 Å². The smallest absolute Gasteiger partial charge is 0.329 e. The van der Waals surface area contributed by atoms with Crippen LogP contribution in [-0.2, 0) is 19.1 Å². The predicted octanol–water partition coefficient (Wildman–Crippen LogP) is 1.07. The van der Waals surface area contributed by atoms with Crippen molar-refractivity contribution in [1.82, 2.24) is 0 Å². The van der Waals surface area contributed by atoms with Crippen molar-refractivity contribution in [3.8, 4) is 0 Å². The maximum Gasteiger partial charge on any atom is 0.329 e. The van der Waals surface area contributed by atoms with Crippen LogP contribution in [0.2, 0.25) is 0 Å². The van der Waals surface area contributed by atoms with Crippen LogP contribution in [0.15, 0.2) is 0 Å². The van der Waals surface area contributed by atoms with Crippen molar-refractivity contribution in [2.24, 2.45) is 5.92 Å². The topological polar surface area (TPSA) is 121 Å². The zero-order valence-electron chi connectivity index (χ0n) is 10.6. The summed E-state index contributed by atoms with van der Waals surface area (Å²) >= 11 is 0. The SMILES string of the molecule is CCC(=O)O.COCC(=O)O.O=C(O)C1CCC1. The lowest BCUT2D eigenvalue weighted by atomic mass is 9.86. The molecular weight excluding hydrogens is 244 g/mol. The van der Waals surface area contributed by atoms with Gasteiger partial charge in [-0.2, -0.15) is 0 Å². The van der Waals surface area contributed by atoms with Crippen molar-refractivity contribution in [2.45, 2.75) is 32.6 Å². The van der Waals surface area contributed by atoms with Gasteiger partial charge in [-0.15, -0.1) is 0 Å². The number of hydrogen-bond donors (Lipinski definition) is 3. The Hall–Kier alpha value is -1.63. The number of ether oxygens (including phenoxy) is 1. The maximum absolute atomic E-state index is 9.98. The van der Waals surface area contributed by atoms with Crippen molar-refractivity contribution in [1.29, 1.82) is 0 Å². The highest BCUT2D eigenvalue weighted by molar-refractivity contribution is 5.70. The van der Waals surface area contributed by atoms with Crippen LogP contribution in [0.5, 0.6) is 0 Å². The Kier molecular flexibility index (Phi) is 12.3. The summed E-state index contributed by atoms with van der Waals surface area (Å²) in [5.74, 6) is -2.30. The molecule has 1 fully saturated rings. The molecule has 106 valence electrons. The fraction of sp³-hybridized carbons (Fsp3) is 0.727. The van der Waals surface area contributed by atoms with E-state index in [0.29, 0.717) is 0 Å². The molecule has 0 bridgehead atoms. The zero-order chi connectivity index (χ0) is 14.6. The Morgan fingerprint density at radius 3 is 1.56 bits per heavy atom. The van der Waals surface area contributed by atoms with Crippen LogP contribution in [0, 0.1) is 5.92 Å². The van der Waals surface area contributed by atoms with E-state index in [1.807, 2.05) is 0 Å². The quantitative estimate of drug-likeness (QED) is 0.694. The largest absolute Gasteiger partial charge is 0.481 e. The van der Waals surface area contributed by atoms with E-state index in [1.54, 1.807) is 6.92 Å². The summed E-state index contributed by atoms with van der Waals surface area (Å²) in [6.45, 7) is 1.39. The van der Waals surface area contributed by atoms with Gasteiger partial charge >= 0.3 is 17.9 Å². The summed E-state index contributed by atoms with van der Waals surface area (Å²) in [5.41, 5.74) is 0. The highest BCUT2D eigenvalue weighted by Crippen LogP contribution is 2.25. The van der Waals surface area contributed by atoms with Crippen LogP contribution < -0.4 is 0 Å². The van der Waals surface area contributed by atoms with Gasteiger partial charge in [0.25, 0.3) is 0 Å². The van der Waals surface area contributed by atoms with E-state index in [2.05, 4.69) is 4.74 Å². The van der Waals surface area contributed by atoms with Gasteiger partial charge in [0.2, 0.25) is 0 Å². The van der Waals surface area contributed by atoms with Gasteiger partial charge in [-0.3, -0.25) is 9.59 Å². The molecule has 7 heteroatoms. The molecule has 0 saturated heterocycles. The molecule has 1 rings (SSSR count). The van der Waals surface area contributed by atoms with E-state index in [1.165, 1.54) is 7.11 Å². The van der Waals surface area contributed by atoms with Crippen LogP contribution in [-0.4, -0.2) is 46.9 Å². The lowest BCUT2D eigenvalue weighted by molar-refractivity contribution is -0.144. The Morgan fingerprint density at radius 2 is 1.56 bits per heavy atom. The van der Waals surface area contributed by atoms with Crippen LogP contribution in [0.25, 0.3) is 0 Å². The molecule has 3 N–H and O–H groups in total. The van der Waals surface area contributed by atoms with Gasteiger partial charge < -0.3 is 20.1 Å². The zero-order valence-corrected chi connectivity index (χ0v) is 10.6. The monoisotopic (exact) mass is 264 g/mol. The van der Waals surface area contributed by atoms with Crippen LogP contribution in [0.1, 0.15) is 32.6 Å². The first-order valence-electron chi connectivity index (χ1n) is 5.50. The van der Waals surface area contributed by atoms with Gasteiger partial charge in [-0.1, -0.05) is 13.3 Å². The van der Waals surface area contributed by atoms with E-state index in [-0.39, 0.29) is 18.9 Å². The van der Waals surface area contributed by atoms with E-state index >= 15 is 0 Å². The second-order valence-corrected chi connectivity index (χ2v) is 3.54. The summed E-state index contributed by atoms with van der Waals surface area (Å²) in [5, 5.41) is 23.7. The lowest BCUT2D eigenvalue weighted by Gasteiger charge is -2.19. The number of hydrogen-bond acceptors (Lipinski definition) is 4. The molecule has 1 aliphatic carbocycles. The minimum absolute atomic E-state index is 0.000000000000000444. The van der Waals surface area contributed by atoms with Crippen LogP contribution >= 0.6 is 0 Å². The first-order valence-corrected chi connectivity index (χ1v) is 5.50. The molecular formula is C11H20O7. The normalized spacial score (nSPS) is 13.0. The molecule has 0 aromatic heterocycles. The van der Waals surface area contributed by atoms with Gasteiger partial charge in [-0.25, -0.2) is 4.79 Å². The van der Waals surface area contributed by atoms with Crippen molar-refractivity contribution >= 4 is 17.9 Å². The summed E-state index contributed by atoms with van der Waals surface area (Å²) in [6.07, 6.45) is 3.13. The number of rotatable bonds is 4. The molecule has 0 amide bonds. The predicted molar refractivity (Wildman–Crippen MR) is 62.4 cm³/mol. The molecule has 1 aliphatic rings. The number of carboxylic acids is 3. The Bertz CT molecular complexity index is 258. The average molecular weight is 264 g/mol. The molecule has 18 heavy (non-hydrogen) atoms. The second-order valence-electron chi connectivity index (χ2n) is 3.54. The van der Waals surface area contributed by atoms with Crippen LogP contribution in [0.4, 0.5) is 0 Å². The third-order valence-electron chi connectivity index (χ3n) is 2.02. The average Bonchev–Trinajstić information content (AvgIpc) is 2.15. The molecule has 0 heterocycles. The highest BCUT2D eigenvalue weighted by Gasteiger charge is 2.23. The number of carbonyl (C=O) groups is 3. The first-order chi connectivity index (χ1) is 8.34. The van der Waals surface area contributed by atoms with Crippen molar-refractivity contribution in [3.63, 3.8) is 0 Å². The van der Waals surface area contributed by atoms with Gasteiger partial charge in [0.1, 0.15) is 6.61 Å². The summed E-state index contributed by atoms with van der Waals surface area (Å²) in [4.78, 5) is 28.8. The summed E-state index contributed by atoms with van der Waals surface area (Å²) < 4.78 is 4.20. The Balaban J connectivity index is 0. The lowest BCUT2D eigenvalue weighted by Crippen LogP contribution is -2.20. The third-order valence-corrected chi connectivity index (χ3v) is 2.02. The molecule has 0 spiro atoms. The Labute approximate surface area is 105 Å². The molecule has 0 aromatic carbocycles. The van der Waals surface area contributed by atoms with Gasteiger partial charge in [0.15, 0.2) is 0 Å². The van der Waals surface area contributed by atoms with Crippen LogP contribution in [0.3, 0.4) is 0 Å². The van der Waals surface area contributed by atoms with Gasteiger partial charge in [0.05, 0.1) is 5.92 Å². The molecule has 0 unspecified atom stereocenters. The number of aliphatic carboxylic acids is 3. The van der Waals surface area contributed by atoms with Gasteiger partial charge in [0, 0.05) is 13.5 Å². The molecule has 0 aromatic rings. The standard InChI is InChI=1S/C5H8O2.C3H6O3.C3H6O2/c6-5(7)4-2-1-3-4;1-6-2-3(4)5;1-2-3(4)5/h4H,1-3H2,(H,6,7);2H2,1H3,(H,4,5);2H2,1H3,(H,4,5). The van der Waals surface area contributed by atoms with E-state index < -0.39 is 17.9 Å². The van der Waals surface area contributed by atoms with Crippen molar-refractivity contribution < 1.29 is 34.4 Å². The van der Waals surface area contributed by atoms with Crippen molar-refractivity contribution in [2.75, 3.05) is 13.7 Å². The number of carboxylic acid groups (broad SMARTS) is 3. The maximum atomic E-state index is 9.98. The summed E-state index contributed by atoms with van der Waals surface area (Å²) in [6, 6.07) is 0. The molecule has 0 aliphatic heterocycles. The van der Waals surface area contributed by atoms with Gasteiger partial charge in [-0.05, 0) is 12.8 Å². The highest BCUT2D eigenvalue weighted by atomic mass is 16.5. The van der Waals surface area contributed by atoms with E-state index in [9.17, 15) is 14.4 Å². The number of methoxy groups -OCH3 is 1. The summed E-state index contributed by atoms with van der Waals surface area (Å²) in [7, 11) is 1.34. The van der Waals surface area contributed by atoms with E-state index in [0.717, 1.165) is 19.3 Å². The fourth-order valence-electron chi connectivity index (χ4n) is 0.779. The minimum Gasteiger partial charge on any atom is -0.481 e. The molecule has 7 nitrogen and oxygen atoms in total. The second kappa shape index (κ2) is 11.8. The third kappa shape index (κ3) is 14.4. The first kappa shape index (κ1) is 18.7. The Morgan fingerprint density at radius 1 is 1.11 bits per heavy atom.